The molecule has 1 fully saturated rings. The van der Waals surface area contributed by atoms with Gasteiger partial charge in [0.25, 0.3) is 5.91 Å². The molecular formula is C15H18BrN3O. The van der Waals surface area contributed by atoms with E-state index in [0.717, 1.165) is 36.6 Å². The zero-order valence-electron chi connectivity index (χ0n) is 11.5. The molecule has 4 nitrogen and oxygen atoms in total. The number of amides is 1. The highest BCUT2D eigenvalue weighted by Crippen LogP contribution is 2.33. The Hall–Kier alpha value is -1.41. The number of hydrogen-bond donors (Lipinski definition) is 1. The number of rotatable bonds is 3. The summed E-state index contributed by atoms with van der Waals surface area (Å²) in [7, 11) is 0. The van der Waals surface area contributed by atoms with E-state index in [0.29, 0.717) is 11.6 Å². The lowest BCUT2D eigenvalue weighted by atomic mass is 9.76. The van der Waals surface area contributed by atoms with Gasteiger partial charge in [0.1, 0.15) is 11.2 Å². The van der Waals surface area contributed by atoms with Crippen molar-refractivity contribution in [2.45, 2.75) is 44.6 Å². The van der Waals surface area contributed by atoms with Crippen LogP contribution in [0.5, 0.6) is 0 Å². The highest BCUT2D eigenvalue weighted by atomic mass is 79.9. The molecule has 1 amide bonds. The lowest BCUT2D eigenvalue weighted by Crippen LogP contribution is -2.49. The van der Waals surface area contributed by atoms with Crippen LogP contribution in [0.4, 0.5) is 0 Å². The summed E-state index contributed by atoms with van der Waals surface area (Å²) >= 11 is 3.29. The van der Waals surface area contributed by atoms with Gasteiger partial charge in [-0.1, -0.05) is 13.3 Å². The summed E-state index contributed by atoms with van der Waals surface area (Å²) in [5.41, 5.74) is -0.377. The minimum atomic E-state index is -0.725. The second kappa shape index (κ2) is 6.36. The van der Waals surface area contributed by atoms with Gasteiger partial charge in [0.15, 0.2) is 0 Å². The summed E-state index contributed by atoms with van der Waals surface area (Å²) in [6.45, 7) is 2.17. The van der Waals surface area contributed by atoms with Crippen LogP contribution < -0.4 is 5.32 Å². The first kappa shape index (κ1) is 15.0. The lowest BCUT2D eigenvalue weighted by molar-refractivity contribution is 0.0886. The number of nitrogens with zero attached hydrogens (tertiary/aromatic N) is 2. The van der Waals surface area contributed by atoms with E-state index in [4.69, 9.17) is 0 Å². The van der Waals surface area contributed by atoms with Gasteiger partial charge in [-0.2, -0.15) is 5.26 Å². The van der Waals surface area contributed by atoms with Crippen LogP contribution in [0.2, 0.25) is 0 Å². The van der Waals surface area contributed by atoms with E-state index in [1.165, 1.54) is 0 Å². The molecule has 0 aromatic carbocycles. The van der Waals surface area contributed by atoms with Gasteiger partial charge in [-0.3, -0.25) is 4.79 Å². The van der Waals surface area contributed by atoms with E-state index < -0.39 is 5.54 Å². The molecule has 20 heavy (non-hydrogen) atoms. The predicted molar refractivity (Wildman–Crippen MR) is 80.0 cm³/mol. The molecule has 0 radical (unpaired) electrons. The third kappa shape index (κ3) is 3.37. The molecule has 0 saturated heterocycles. The molecule has 1 aliphatic rings. The van der Waals surface area contributed by atoms with Gasteiger partial charge in [0.2, 0.25) is 0 Å². The van der Waals surface area contributed by atoms with E-state index in [9.17, 15) is 10.1 Å². The van der Waals surface area contributed by atoms with Crippen LogP contribution in [-0.2, 0) is 0 Å². The van der Waals surface area contributed by atoms with E-state index in [2.05, 4.69) is 39.2 Å². The average Bonchev–Trinajstić information content (AvgIpc) is 2.48. The Balaban J connectivity index is 2.05. The van der Waals surface area contributed by atoms with Crippen molar-refractivity contribution in [2.24, 2.45) is 5.92 Å². The largest absolute Gasteiger partial charge is 0.332 e. The minimum Gasteiger partial charge on any atom is -0.332 e. The zero-order valence-corrected chi connectivity index (χ0v) is 13.1. The molecule has 0 unspecified atom stereocenters. The molecule has 1 aromatic heterocycles. The van der Waals surface area contributed by atoms with Gasteiger partial charge >= 0.3 is 0 Å². The SMILES string of the molecule is CCC1CCC(C#N)(NC(=O)c2ccc(Br)cn2)CC1. The summed E-state index contributed by atoms with van der Waals surface area (Å²) in [5, 5.41) is 12.3. The van der Waals surface area contributed by atoms with Gasteiger partial charge < -0.3 is 5.32 Å². The summed E-state index contributed by atoms with van der Waals surface area (Å²) in [6.07, 6.45) is 6.18. The molecule has 106 valence electrons. The van der Waals surface area contributed by atoms with Crippen LogP contribution in [0.25, 0.3) is 0 Å². The van der Waals surface area contributed by atoms with Crippen LogP contribution in [0.3, 0.4) is 0 Å². The van der Waals surface area contributed by atoms with Crippen molar-refractivity contribution in [3.63, 3.8) is 0 Å². The van der Waals surface area contributed by atoms with Gasteiger partial charge in [0, 0.05) is 10.7 Å². The van der Waals surface area contributed by atoms with E-state index >= 15 is 0 Å². The third-order valence-corrected chi connectivity index (χ3v) is 4.53. The van der Waals surface area contributed by atoms with Crippen LogP contribution in [0, 0.1) is 17.2 Å². The van der Waals surface area contributed by atoms with Gasteiger partial charge in [-0.25, -0.2) is 4.98 Å². The fourth-order valence-corrected chi connectivity index (χ4v) is 2.87. The number of nitriles is 1. The van der Waals surface area contributed by atoms with Crippen molar-refractivity contribution in [1.29, 1.82) is 5.26 Å². The standard InChI is InChI=1S/C15H18BrN3O/c1-2-11-5-7-15(10-17,8-6-11)19-14(20)13-4-3-12(16)9-18-13/h3-4,9,11H,2,5-8H2,1H3,(H,19,20). The van der Waals surface area contributed by atoms with Crippen LogP contribution in [0.1, 0.15) is 49.5 Å². The third-order valence-electron chi connectivity index (χ3n) is 4.06. The van der Waals surface area contributed by atoms with Crippen molar-refractivity contribution in [2.75, 3.05) is 0 Å². The monoisotopic (exact) mass is 335 g/mol. The highest BCUT2D eigenvalue weighted by molar-refractivity contribution is 9.10. The minimum absolute atomic E-state index is 0.269. The molecule has 5 heteroatoms. The van der Waals surface area contributed by atoms with E-state index in [1.54, 1.807) is 18.3 Å². The number of pyridine rings is 1. The maximum absolute atomic E-state index is 12.2. The van der Waals surface area contributed by atoms with Crippen molar-refractivity contribution < 1.29 is 4.79 Å². The Labute approximate surface area is 127 Å². The molecule has 0 bridgehead atoms. The van der Waals surface area contributed by atoms with Crippen molar-refractivity contribution >= 4 is 21.8 Å². The molecule has 0 aliphatic heterocycles. The van der Waals surface area contributed by atoms with E-state index in [1.807, 2.05) is 0 Å². The highest BCUT2D eigenvalue weighted by Gasteiger charge is 2.36. The molecule has 0 atom stereocenters. The van der Waals surface area contributed by atoms with Crippen LogP contribution >= 0.6 is 15.9 Å². The smallest absolute Gasteiger partial charge is 0.271 e. The number of carbonyl (C=O) groups excluding carboxylic acids is 1. The summed E-state index contributed by atoms with van der Waals surface area (Å²) < 4.78 is 0.826. The van der Waals surface area contributed by atoms with Crippen molar-refractivity contribution in [3.8, 4) is 6.07 Å². The van der Waals surface area contributed by atoms with Gasteiger partial charge in [0.05, 0.1) is 6.07 Å². The first-order valence-electron chi connectivity index (χ1n) is 6.94. The molecule has 1 N–H and O–H groups in total. The molecule has 1 aliphatic carbocycles. The molecule has 1 heterocycles. The number of hydrogen-bond acceptors (Lipinski definition) is 3. The molecule has 2 rings (SSSR count). The van der Waals surface area contributed by atoms with Crippen LogP contribution in [-0.4, -0.2) is 16.4 Å². The fourth-order valence-electron chi connectivity index (χ4n) is 2.63. The Morgan fingerprint density at radius 2 is 2.25 bits per heavy atom. The fraction of sp³-hybridized carbons (Fsp3) is 0.533. The maximum Gasteiger partial charge on any atom is 0.271 e. The summed E-state index contributed by atoms with van der Waals surface area (Å²) in [5.74, 6) is 0.410. The Morgan fingerprint density at radius 3 is 2.75 bits per heavy atom. The number of aromatic nitrogens is 1. The molecule has 0 spiro atoms. The Bertz CT molecular complexity index is 513. The average molecular weight is 336 g/mol. The molecule has 1 aromatic rings. The summed E-state index contributed by atoms with van der Waals surface area (Å²) in [4.78, 5) is 16.3. The second-order valence-electron chi connectivity index (χ2n) is 5.36. The summed E-state index contributed by atoms with van der Waals surface area (Å²) in [6, 6.07) is 5.73. The van der Waals surface area contributed by atoms with Crippen LogP contribution in [0.15, 0.2) is 22.8 Å². The lowest BCUT2D eigenvalue weighted by Gasteiger charge is -2.35. The Morgan fingerprint density at radius 1 is 1.55 bits per heavy atom. The van der Waals surface area contributed by atoms with Crippen molar-refractivity contribution in [1.82, 2.24) is 10.3 Å². The van der Waals surface area contributed by atoms with Gasteiger partial charge in [-0.05, 0) is 59.7 Å². The topological polar surface area (TPSA) is 65.8 Å². The predicted octanol–water partition coefficient (Wildman–Crippen LogP) is 3.44. The van der Waals surface area contributed by atoms with Crippen molar-refractivity contribution in [3.05, 3.63) is 28.5 Å². The normalized spacial score (nSPS) is 25.8. The second-order valence-corrected chi connectivity index (χ2v) is 6.28. The number of carbonyl (C=O) groups is 1. The molecule has 1 saturated carbocycles. The first-order chi connectivity index (χ1) is 9.58. The molecular weight excluding hydrogens is 318 g/mol. The number of nitrogens with one attached hydrogen (secondary N) is 1. The quantitative estimate of drug-likeness (QED) is 0.919. The maximum atomic E-state index is 12.2. The Kier molecular flexibility index (Phi) is 4.77. The first-order valence-corrected chi connectivity index (χ1v) is 7.73. The van der Waals surface area contributed by atoms with Gasteiger partial charge in [-0.15, -0.1) is 0 Å². The number of halogens is 1. The zero-order chi connectivity index (χ0) is 14.6. The van der Waals surface area contributed by atoms with E-state index in [-0.39, 0.29) is 5.91 Å².